The molecule has 1 atom stereocenters. The van der Waals surface area contributed by atoms with E-state index in [9.17, 15) is 13.2 Å². The van der Waals surface area contributed by atoms with Gasteiger partial charge in [0.15, 0.2) is 9.84 Å². The number of amides is 2. The van der Waals surface area contributed by atoms with Gasteiger partial charge in [-0.2, -0.15) is 0 Å². The molecule has 0 bridgehead atoms. The van der Waals surface area contributed by atoms with Crippen molar-refractivity contribution in [2.45, 2.75) is 55.9 Å². The molecule has 2 aromatic rings. The summed E-state index contributed by atoms with van der Waals surface area (Å²) in [6.45, 7) is 8.78. The van der Waals surface area contributed by atoms with Crippen LogP contribution in [0.1, 0.15) is 56.1 Å². The number of urea groups is 1. The Morgan fingerprint density at radius 2 is 1.56 bits per heavy atom. The molecule has 0 saturated carbocycles. The first-order valence-corrected chi connectivity index (χ1v) is 16.4. The largest absolute Gasteiger partial charge is 0.338 e. The summed E-state index contributed by atoms with van der Waals surface area (Å²) >= 11 is 0. The maximum absolute atomic E-state index is 13.0. The van der Waals surface area contributed by atoms with E-state index in [0.717, 1.165) is 83.5 Å². The molecule has 2 fully saturated rings. The molecule has 2 amide bonds. The van der Waals surface area contributed by atoms with Crippen molar-refractivity contribution >= 4 is 15.9 Å². The number of rotatable bonds is 10. The maximum atomic E-state index is 13.0. The summed E-state index contributed by atoms with van der Waals surface area (Å²) in [6.07, 6.45) is 6.52. The van der Waals surface area contributed by atoms with Crippen molar-refractivity contribution in [3.05, 3.63) is 65.7 Å². The van der Waals surface area contributed by atoms with Gasteiger partial charge in [0.05, 0.1) is 4.90 Å². The van der Waals surface area contributed by atoms with Crippen molar-refractivity contribution in [2.24, 2.45) is 5.92 Å². The van der Waals surface area contributed by atoms with Crippen LogP contribution in [0.15, 0.2) is 59.5 Å². The second kappa shape index (κ2) is 13.8. The van der Waals surface area contributed by atoms with E-state index >= 15 is 0 Å². The third kappa shape index (κ3) is 8.29. The Morgan fingerprint density at radius 1 is 0.949 bits per heavy atom. The van der Waals surface area contributed by atoms with Crippen LogP contribution in [0.4, 0.5) is 4.79 Å². The number of hydrogen-bond donors (Lipinski definition) is 1. The Hall–Kier alpha value is -2.42. The van der Waals surface area contributed by atoms with Gasteiger partial charge in [0.1, 0.15) is 0 Å². The molecule has 1 N–H and O–H groups in total. The molecule has 2 heterocycles. The average molecular weight is 555 g/mol. The fourth-order valence-corrected chi connectivity index (χ4v) is 6.72. The van der Waals surface area contributed by atoms with Crippen molar-refractivity contribution < 1.29 is 13.2 Å². The normalized spacial score (nSPS) is 19.1. The van der Waals surface area contributed by atoms with Crippen molar-refractivity contribution in [2.75, 3.05) is 59.1 Å². The summed E-state index contributed by atoms with van der Waals surface area (Å²) in [7, 11) is -1.05. The number of nitrogens with zero attached hydrogens (tertiary/aromatic N) is 3. The lowest BCUT2D eigenvalue weighted by molar-refractivity contribution is 0.120. The minimum absolute atomic E-state index is 0.0940. The molecule has 8 heteroatoms. The average Bonchev–Trinajstić information content (AvgIpc) is 2.94. The van der Waals surface area contributed by atoms with Crippen molar-refractivity contribution in [1.29, 1.82) is 0 Å². The van der Waals surface area contributed by atoms with E-state index in [1.807, 2.05) is 23.1 Å². The van der Waals surface area contributed by atoms with Gasteiger partial charge in [0.2, 0.25) is 0 Å². The summed E-state index contributed by atoms with van der Waals surface area (Å²) in [4.78, 5) is 20.3. The highest BCUT2D eigenvalue weighted by Crippen LogP contribution is 2.30. The van der Waals surface area contributed by atoms with E-state index < -0.39 is 9.84 Å². The third-order valence-electron chi connectivity index (χ3n) is 8.63. The number of carbonyl (C=O) groups is 1. The lowest BCUT2D eigenvalue weighted by atomic mass is 9.88. The molecule has 0 aromatic heterocycles. The summed E-state index contributed by atoms with van der Waals surface area (Å²) < 4.78 is 23.9. The van der Waals surface area contributed by atoms with E-state index in [-0.39, 0.29) is 18.0 Å². The standard InChI is InChI=1S/C31H46N4O3S/c1-4-35(31(36)32-24-25-14-19-33(2)20-15-25)28-16-21-34(22-17-28)23-18-30(26-8-6-5-7-9-26)27-10-12-29(13-11-27)39(3,37)38/h5-13,25,28,30H,4,14-24H2,1-3H3,(H,32,36)/t30-/m0/s1. The van der Waals surface area contributed by atoms with Gasteiger partial charge in [-0.1, -0.05) is 42.5 Å². The van der Waals surface area contributed by atoms with Crippen LogP contribution in [-0.2, 0) is 9.84 Å². The van der Waals surface area contributed by atoms with Crippen LogP contribution >= 0.6 is 0 Å². The van der Waals surface area contributed by atoms with Gasteiger partial charge < -0.3 is 20.0 Å². The highest BCUT2D eigenvalue weighted by atomic mass is 32.2. The Morgan fingerprint density at radius 3 is 2.15 bits per heavy atom. The molecule has 0 radical (unpaired) electrons. The minimum Gasteiger partial charge on any atom is -0.338 e. The fraction of sp³-hybridized carbons (Fsp3) is 0.581. The van der Waals surface area contributed by atoms with E-state index in [1.165, 1.54) is 11.8 Å². The van der Waals surface area contributed by atoms with E-state index in [2.05, 4.69) is 53.4 Å². The Balaban J connectivity index is 1.30. The molecule has 214 valence electrons. The van der Waals surface area contributed by atoms with Crippen LogP contribution in [0.2, 0.25) is 0 Å². The first-order valence-electron chi connectivity index (χ1n) is 14.5. The van der Waals surface area contributed by atoms with Gasteiger partial charge in [-0.15, -0.1) is 0 Å². The Kier molecular flexibility index (Phi) is 10.4. The summed E-state index contributed by atoms with van der Waals surface area (Å²) in [5, 5.41) is 3.23. The number of benzene rings is 2. The van der Waals surface area contributed by atoms with E-state index in [0.29, 0.717) is 10.8 Å². The van der Waals surface area contributed by atoms with Gasteiger partial charge in [0, 0.05) is 44.4 Å². The lowest BCUT2D eigenvalue weighted by Crippen LogP contribution is -2.51. The second-order valence-electron chi connectivity index (χ2n) is 11.4. The summed E-state index contributed by atoms with van der Waals surface area (Å²) in [6, 6.07) is 18.2. The number of carbonyl (C=O) groups excluding carboxylic acids is 1. The molecule has 2 saturated heterocycles. The maximum Gasteiger partial charge on any atom is 0.317 e. The van der Waals surface area contributed by atoms with Crippen molar-refractivity contribution in [3.63, 3.8) is 0 Å². The Bertz CT molecular complexity index is 1140. The molecule has 7 nitrogen and oxygen atoms in total. The Labute approximate surface area is 235 Å². The van der Waals surface area contributed by atoms with Crippen molar-refractivity contribution in [1.82, 2.24) is 20.0 Å². The molecule has 2 aromatic carbocycles. The smallest absolute Gasteiger partial charge is 0.317 e. The van der Waals surface area contributed by atoms with Gasteiger partial charge in [-0.3, -0.25) is 0 Å². The minimum atomic E-state index is -3.21. The van der Waals surface area contributed by atoms with Crippen LogP contribution in [0.25, 0.3) is 0 Å². The molecule has 0 spiro atoms. The zero-order valence-corrected chi connectivity index (χ0v) is 24.7. The predicted octanol–water partition coefficient (Wildman–Crippen LogP) is 4.45. The molecule has 2 aliphatic rings. The van der Waals surface area contributed by atoms with Gasteiger partial charge in [0.25, 0.3) is 0 Å². The molecular formula is C31H46N4O3S. The molecule has 2 aliphatic heterocycles. The zero-order valence-electron chi connectivity index (χ0n) is 23.9. The summed E-state index contributed by atoms with van der Waals surface area (Å²) in [5.41, 5.74) is 2.39. The number of hydrogen-bond acceptors (Lipinski definition) is 5. The first kappa shape index (κ1) is 29.6. The van der Waals surface area contributed by atoms with E-state index in [1.54, 1.807) is 12.1 Å². The monoisotopic (exact) mass is 554 g/mol. The number of piperidine rings is 2. The van der Waals surface area contributed by atoms with Crippen LogP contribution in [0, 0.1) is 5.92 Å². The molecular weight excluding hydrogens is 508 g/mol. The zero-order chi connectivity index (χ0) is 27.8. The second-order valence-corrected chi connectivity index (χ2v) is 13.4. The summed E-state index contributed by atoms with van der Waals surface area (Å²) in [5.74, 6) is 0.792. The predicted molar refractivity (Wildman–Crippen MR) is 158 cm³/mol. The first-order chi connectivity index (χ1) is 18.7. The van der Waals surface area contributed by atoms with Crippen LogP contribution < -0.4 is 5.32 Å². The molecule has 0 aliphatic carbocycles. The number of likely N-dealkylation sites (tertiary alicyclic amines) is 2. The van der Waals surface area contributed by atoms with Gasteiger partial charge >= 0.3 is 6.03 Å². The quantitative estimate of drug-likeness (QED) is 0.470. The molecule has 39 heavy (non-hydrogen) atoms. The van der Waals surface area contributed by atoms with Gasteiger partial charge in [-0.25, -0.2) is 13.2 Å². The van der Waals surface area contributed by atoms with Crippen molar-refractivity contribution in [3.8, 4) is 0 Å². The van der Waals surface area contributed by atoms with Crippen LogP contribution in [0.3, 0.4) is 0 Å². The fourth-order valence-electron chi connectivity index (χ4n) is 6.09. The number of sulfone groups is 1. The van der Waals surface area contributed by atoms with E-state index in [4.69, 9.17) is 0 Å². The lowest BCUT2D eigenvalue weighted by Gasteiger charge is -2.39. The molecule has 0 unspecified atom stereocenters. The highest BCUT2D eigenvalue weighted by molar-refractivity contribution is 7.90. The van der Waals surface area contributed by atoms with Crippen LogP contribution in [0.5, 0.6) is 0 Å². The topological polar surface area (TPSA) is 73.0 Å². The van der Waals surface area contributed by atoms with Crippen LogP contribution in [-0.4, -0.2) is 94.3 Å². The molecule has 4 rings (SSSR count). The number of nitrogens with one attached hydrogen (secondary N) is 1. The highest BCUT2D eigenvalue weighted by Gasteiger charge is 2.28. The SMILES string of the molecule is CCN(C(=O)NCC1CCN(C)CC1)C1CCN(CC[C@@H](c2ccccc2)c2ccc(S(C)(=O)=O)cc2)CC1. The van der Waals surface area contributed by atoms with Gasteiger partial charge in [-0.05, 0) is 94.9 Å². The third-order valence-corrected chi connectivity index (χ3v) is 9.75.